The van der Waals surface area contributed by atoms with Gasteiger partial charge in [0.1, 0.15) is 29.6 Å². The summed E-state index contributed by atoms with van der Waals surface area (Å²) < 4.78 is 19.7. The van der Waals surface area contributed by atoms with Crippen LogP contribution in [-0.2, 0) is 13.7 Å². The number of tetrazole rings is 1. The van der Waals surface area contributed by atoms with Crippen molar-refractivity contribution in [2.45, 2.75) is 20.5 Å². The fraction of sp³-hybridized carbons (Fsp3) is 0.208. The molecule has 0 atom stereocenters. The Morgan fingerprint density at radius 2 is 1.59 bits per heavy atom. The van der Waals surface area contributed by atoms with E-state index in [2.05, 4.69) is 10.4 Å². The predicted molar refractivity (Wildman–Crippen MR) is 120 cm³/mol. The van der Waals surface area contributed by atoms with Crippen LogP contribution in [0, 0.1) is 13.8 Å². The second-order valence-corrected chi connectivity index (χ2v) is 7.36. The molecule has 3 aromatic carbocycles. The molecule has 0 aliphatic heterocycles. The molecule has 1 heterocycles. The topological polar surface area (TPSA) is 80.4 Å². The van der Waals surface area contributed by atoms with Crippen molar-refractivity contribution < 1.29 is 14.2 Å². The van der Waals surface area contributed by atoms with Crippen molar-refractivity contribution in [3.63, 3.8) is 0 Å². The Labute approximate surface area is 185 Å². The second kappa shape index (κ2) is 8.97. The Hall–Kier alpha value is -4.07. The van der Waals surface area contributed by atoms with Crippen LogP contribution in [0.1, 0.15) is 16.7 Å². The van der Waals surface area contributed by atoms with E-state index < -0.39 is 0 Å². The van der Waals surface area contributed by atoms with Gasteiger partial charge in [-0.2, -0.15) is 9.36 Å². The summed E-state index contributed by atoms with van der Waals surface area (Å²) in [5.74, 6) is 2.94. The van der Waals surface area contributed by atoms with Crippen LogP contribution in [0.15, 0.2) is 65.5 Å². The molecule has 4 rings (SSSR count). The average Bonchev–Trinajstić information content (AvgIpc) is 3.12. The molecular weight excluding hydrogens is 408 g/mol. The van der Waals surface area contributed by atoms with Crippen LogP contribution in [0.25, 0.3) is 5.69 Å². The second-order valence-electron chi connectivity index (χ2n) is 7.36. The zero-order valence-electron chi connectivity index (χ0n) is 18.4. The average molecular weight is 432 g/mol. The van der Waals surface area contributed by atoms with Crippen molar-refractivity contribution in [3.8, 4) is 28.7 Å². The zero-order chi connectivity index (χ0) is 22.7. The molecule has 0 bridgehead atoms. The number of hydrogen-bond acceptors (Lipinski definition) is 6. The summed E-state index contributed by atoms with van der Waals surface area (Å²) in [5.41, 5.74) is 3.14. The summed E-state index contributed by atoms with van der Waals surface area (Å²) >= 11 is 0. The van der Waals surface area contributed by atoms with Crippen LogP contribution in [0.3, 0.4) is 0 Å². The standard InChI is InChI=1S/C24H24N4O4/c1-16-6-5-7-22(28-24(29)27(3)25-26-28)21(16)15-31-23-13-12-20(14-17(23)2)32-19-10-8-18(30-4)9-11-19/h5-14H,15H2,1-4H3. The van der Waals surface area contributed by atoms with Crippen LogP contribution in [0.4, 0.5) is 0 Å². The molecule has 0 radical (unpaired) electrons. The molecule has 0 aliphatic rings. The molecule has 0 fully saturated rings. The molecule has 8 nitrogen and oxygen atoms in total. The Balaban J connectivity index is 1.52. The lowest BCUT2D eigenvalue weighted by Gasteiger charge is -2.15. The first-order valence-electron chi connectivity index (χ1n) is 10.1. The maximum atomic E-state index is 12.3. The van der Waals surface area contributed by atoms with E-state index in [1.54, 1.807) is 14.2 Å². The Morgan fingerprint density at radius 3 is 2.25 bits per heavy atom. The molecule has 0 saturated heterocycles. The van der Waals surface area contributed by atoms with E-state index in [-0.39, 0.29) is 12.3 Å². The molecule has 32 heavy (non-hydrogen) atoms. The first-order valence-corrected chi connectivity index (χ1v) is 10.1. The highest BCUT2D eigenvalue weighted by atomic mass is 16.5. The Bertz CT molecular complexity index is 1290. The van der Waals surface area contributed by atoms with E-state index in [4.69, 9.17) is 14.2 Å². The molecule has 0 spiro atoms. The third-order valence-corrected chi connectivity index (χ3v) is 5.15. The summed E-state index contributed by atoms with van der Waals surface area (Å²) in [6.07, 6.45) is 0. The zero-order valence-corrected chi connectivity index (χ0v) is 18.4. The number of nitrogens with zero attached hydrogens (tertiary/aromatic N) is 4. The SMILES string of the molecule is COc1ccc(Oc2ccc(OCc3c(C)cccc3-n3nnn(C)c3=O)c(C)c2)cc1. The van der Waals surface area contributed by atoms with E-state index in [0.29, 0.717) is 11.4 Å². The molecule has 164 valence electrons. The van der Waals surface area contributed by atoms with Crippen LogP contribution in [0.5, 0.6) is 23.0 Å². The molecule has 0 saturated carbocycles. The molecule has 0 aliphatic carbocycles. The van der Waals surface area contributed by atoms with Crippen molar-refractivity contribution >= 4 is 0 Å². The fourth-order valence-corrected chi connectivity index (χ4v) is 3.31. The lowest BCUT2D eigenvalue weighted by Crippen LogP contribution is -2.23. The van der Waals surface area contributed by atoms with Gasteiger partial charge in [-0.1, -0.05) is 12.1 Å². The molecular formula is C24H24N4O4. The summed E-state index contributed by atoms with van der Waals surface area (Å²) in [6, 6.07) is 18.8. The fourth-order valence-electron chi connectivity index (χ4n) is 3.31. The van der Waals surface area contributed by atoms with Crippen LogP contribution < -0.4 is 19.9 Å². The summed E-state index contributed by atoms with van der Waals surface area (Å²) in [5, 5.41) is 7.76. The summed E-state index contributed by atoms with van der Waals surface area (Å²) in [6.45, 7) is 4.22. The van der Waals surface area contributed by atoms with E-state index in [9.17, 15) is 4.79 Å². The van der Waals surface area contributed by atoms with Crippen molar-refractivity contribution in [2.24, 2.45) is 7.05 Å². The van der Waals surface area contributed by atoms with Crippen molar-refractivity contribution in [1.82, 2.24) is 19.8 Å². The maximum absolute atomic E-state index is 12.3. The van der Waals surface area contributed by atoms with Crippen LogP contribution in [0.2, 0.25) is 0 Å². The quantitative estimate of drug-likeness (QED) is 0.440. The van der Waals surface area contributed by atoms with Gasteiger partial charge in [-0.05, 0) is 83.9 Å². The number of hydrogen-bond donors (Lipinski definition) is 0. The highest BCUT2D eigenvalue weighted by Gasteiger charge is 2.14. The van der Waals surface area contributed by atoms with Crippen LogP contribution >= 0.6 is 0 Å². The minimum absolute atomic E-state index is 0.282. The Morgan fingerprint density at radius 1 is 0.875 bits per heavy atom. The molecule has 1 aromatic heterocycles. The summed E-state index contributed by atoms with van der Waals surface area (Å²) in [7, 11) is 3.19. The number of aromatic nitrogens is 4. The van der Waals surface area contributed by atoms with Gasteiger partial charge in [0.15, 0.2) is 0 Å². The highest BCUT2D eigenvalue weighted by Crippen LogP contribution is 2.29. The lowest BCUT2D eigenvalue weighted by molar-refractivity contribution is 0.302. The third kappa shape index (κ3) is 4.34. The van der Waals surface area contributed by atoms with E-state index in [1.807, 2.05) is 74.5 Å². The first kappa shape index (κ1) is 21.2. The van der Waals surface area contributed by atoms with Gasteiger partial charge in [0.05, 0.1) is 12.8 Å². The summed E-state index contributed by atoms with van der Waals surface area (Å²) in [4.78, 5) is 12.3. The van der Waals surface area contributed by atoms with Gasteiger partial charge in [0.25, 0.3) is 0 Å². The van der Waals surface area contributed by atoms with Gasteiger partial charge in [-0.15, -0.1) is 0 Å². The van der Waals surface area contributed by atoms with Gasteiger partial charge in [-0.3, -0.25) is 0 Å². The molecule has 8 heteroatoms. The normalized spacial score (nSPS) is 10.8. The van der Waals surface area contributed by atoms with Gasteiger partial charge in [0.2, 0.25) is 0 Å². The number of methoxy groups -OCH3 is 1. The third-order valence-electron chi connectivity index (χ3n) is 5.15. The minimum Gasteiger partial charge on any atom is -0.497 e. The highest BCUT2D eigenvalue weighted by molar-refractivity contribution is 5.46. The number of rotatable bonds is 7. The number of ether oxygens (including phenoxy) is 3. The molecule has 4 aromatic rings. The van der Waals surface area contributed by atoms with Gasteiger partial charge in [-0.25, -0.2) is 4.79 Å². The van der Waals surface area contributed by atoms with Gasteiger partial charge < -0.3 is 14.2 Å². The molecule has 0 N–H and O–H groups in total. The molecule has 0 unspecified atom stereocenters. The largest absolute Gasteiger partial charge is 0.497 e. The van der Waals surface area contributed by atoms with E-state index in [0.717, 1.165) is 33.9 Å². The lowest BCUT2D eigenvalue weighted by atomic mass is 10.1. The van der Waals surface area contributed by atoms with Crippen molar-refractivity contribution in [2.75, 3.05) is 7.11 Å². The van der Waals surface area contributed by atoms with E-state index >= 15 is 0 Å². The van der Waals surface area contributed by atoms with Gasteiger partial charge >= 0.3 is 5.69 Å². The number of aryl methyl sites for hydroxylation is 3. The smallest absolute Gasteiger partial charge is 0.368 e. The van der Waals surface area contributed by atoms with Crippen molar-refractivity contribution in [3.05, 3.63) is 87.8 Å². The monoisotopic (exact) mass is 432 g/mol. The predicted octanol–water partition coefficient (Wildman–Crippen LogP) is 3.96. The Kier molecular flexibility index (Phi) is 5.93. The van der Waals surface area contributed by atoms with E-state index in [1.165, 1.54) is 9.36 Å². The van der Waals surface area contributed by atoms with Gasteiger partial charge in [0, 0.05) is 12.6 Å². The molecule has 0 amide bonds. The number of benzene rings is 3. The van der Waals surface area contributed by atoms with Crippen molar-refractivity contribution in [1.29, 1.82) is 0 Å². The first-order chi connectivity index (χ1) is 15.5. The maximum Gasteiger partial charge on any atom is 0.368 e. The van der Waals surface area contributed by atoms with Crippen LogP contribution in [-0.4, -0.2) is 26.9 Å². The minimum atomic E-state index is -0.312.